The first-order valence-corrected chi connectivity index (χ1v) is 27.6. The molecule has 0 N–H and O–H groups in total. The van der Waals surface area contributed by atoms with E-state index in [-0.39, 0.29) is 17.7 Å². The summed E-state index contributed by atoms with van der Waals surface area (Å²) in [5, 5.41) is 8.20. The number of rotatable bonds is 2. The lowest BCUT2D eigenvalue weighted by Gasteiger charge is -2.52. The molecular formula is C67H49BN2OSi. The lowest BCUT2D eigenvalue weighted by Crippen LogP contribution is -2.78. The summed E-state index contributed by atoms with van der Waals surface area (Å²) in [6.45, 7) is 11.7. The van der Waals surface area contributed by atoms with Crippen LogP contribution >= 0.6 is 0 Å². The molecule has 0 saturated carbocycles. The second-order valence-electron chi connectivity index (χ2n) is 22.3. The summed E-state index contributed by atoms with van der Waals surface area (Å²) in [5.41, 5.74) is 24.9. The van der Waals surface area contributed by atoms with E-state index in [1.165, 1.54) is 121 Å². The van der Waals surface area contributed by atoms with Gasteiger partial charge in [-0.2, -0.15) is 0 Å². The third-order valence-corrected chi connectivity index (χ3v) is 22.3. The number of benzene rings is 10. The van der Waals surface area contributed by atoms with Crippen LogP contribution in [0.2, 0.25) is 0 Å². The van der Waals surface area contributed by atoms with E-state index in [9.17, 15) is 0 Å². The second kappa shape index (κ2) is 13.8. The van der Waals surface area contributed by atoms with Crippen LogP contribution in [0.5, 0.6) is 0 Å². The molecule has 1 aliphatic carbocycles. The van der Waals surface area contributed by atoms with Gasteiger partial charge in [-0.25, -0.2) is 0 Å². The molecule has 5 aliphatic rings. The maximum Gasteiger partial charge on any atom is 0.333 e. The van der Waals surface area contributed by atoms with Gasteiger partial charge in [0.05, 0.1) is 5.69 Å². The average molecular weight is 937 g/mol. The minimum atomic E-state index is -2.92. The highest BCUT2D eigenvalue weighted by atomic mass is 28.3. The fourth-order valence-electron chi connectivity index (χ4n) is 14.5. The number of anilines is 5. The van der Waals surface area contributed by atoms with Crippen molar-refractivity contribution in [3.05, 3.63) is 223 Å². The van der Waals surface area contributed by atoms with Crippen LogP contribution in [-0.4, -0.2) is 14.9 Å². The van der Waals surface area contributed by atoms with Gasteiger partial charge >= 0.3 is 6.85 Å². The predicted molar refractivity (Wildman–Crippen MR) is 305 cm³/mol. The maximum atomic E-state index is 6.95. The van der Waals surface area contributed by atoms with Gasteiger partial charge in [-0.05, 0) is 130 Å². The van der Waals surface area contributed by atoms with Crippen molar-refractivity contribution in [2.75, 3.05) is 9.71 Å². The fraction of sp³-hybridized carbons (Fsp3) is 0.104. The Morgan fingerprint density at radius 3 is 1.89 bits per heavy atom. The molecule has 16 rings (SSSR count). The van der Waals surface area contributed by atoms with Crippen LogP contribution in [0.15, 0.2) is 211 Å². The van der Waals surface area contributed by atoms with Crippen molar-refractivity contribution in [2.24, 2.45) is 0 Å². The summed E-state index contributed by atoms with van der Waals surface area (Å²) in [6, 6.07) is 79.0. The van der Waals surface area contributed by atoms with Gasteiger partial charge in [-0.15, -0.1) is 0 Å². The zero-order valence-corrected chi connectivity index (χ0v) is 42.0. The molecule has 0 unspecified atom stereocenters. The number of para-hydroxylation sites is 3. The Hall–Kier alpha value is -8.12. The van der Waals surface area contributed by atoms with Crippen LogP contribution in [0.3, 0.4) is 0 Å². The van der Waals surface area contributed by atoms with Crippen LogP contribution in [0.4, 0.5) is 28.4 Å². The maximum absolute atomic E-state index is 6.95. The zero-order valence-electron chi connectivity index (χ0n) is 41.0. The first kappa shape index (κ1) is 40.6. The zero-order chi connectivity index (χ0) is 48.0. The summed E-state index contributed by atoms with van der Waals surface area (Å²) in [4.78, 5) is 5.46. The average Bonchev–Trinajstić information content (AvgIpc) is 4.02. The van der Waals surface area contributed by atoms with E-state index in [4.69, 9.17) is 4.42 Å². The number of hydrogen-bond donors (Lipinski definition) is 0. The molecule has 72 heavy (non-hydrogen) atoms. The van der Waals surface area contributed by atoms with Crippen LogP contribution in [0, 0.1) is 0 Å². The van der Waals surface area contributed by atoms with Crippen LogP contribution < -0.4 is 41.4 Å². The Labute approximate surface area is 421 Å². The highest BCUT2D eigenvalue weighted by Crippen LogP contribution is 2.59. The summed E-state index contributed by atoms with van der Waals surface area (Å²) in [7, 11) is -2.92. The molecule has 1 aromatic heterocycles. The van der Waals surface area contributed by atoms with E-state index in [1.54, 1.807) is 0 Å². The topological polar surface area (TPSA) is 19.6 Å². The summed E-state index contributed by atoms with van der Waals surface area (Å²) in [6.07, 6.45) is 0. The second-order valence-corrected chi connectivity index (χ2v) is 25.9. The van der Waals surface area contributed by atoms with Crippen molar-refractivity contribution in [3.63, 3.8) is 0 Å². The molecule has 5 heterocycles. The molecule has 0 amide bonds. The van der Waals surface area contributed by atoms with E-state index in [0.29, 0.717) is 0 Å². The molecule has 0 atom stereocenters. The van der Waals surface area contributed by atoms with Crippen LogP contribution in [0.25, 0.3) is 66.4 Å². The lowest BCUT2D eigenvalue weighted by molar-refractivity contribution is 0.590. The Morgan fingerprint density at radius 2 is 1.11 bits per heavy atom. The summed E-state index contributed by atoms with van der Waals surface area (Å²) in [5.74, 6) is 0. The summed E-state index contributed by atoms with van der Waals surface area (Å²) >= 11 is 0. The first-order valence-electron chi connectivity index (χ1n) is 25.6. The first-order chi connectivity index (χ1) is 35.2. The van der Waals surface area contributed by atoms with E-state index in [0.717, 1.165) is 22.2 Å². The highest BCUT2D eigenvalue weighted by Gasteiger charge is 2.59. The minimum absolute atomic E-state index is 0.0546. The van der Waals surface area contributed by atoms with Crippen molar-refractivity contribution in [1.82, 2.24) is 0 Å². The van der Waals surface area contributed by atoms with E-state index < -0.39 is 8.07 Å². The molecule has 10 aromatic carbocycles. The largest absolute Gasteiger partial charge is 0.456 e. The molecule has 4 aliphatic heterocycles. The van der Waals surface area contributed by atoms with Gasteiger partial charge in [0.1, 0.15) is 11.2 Å². The monoisotopic (exact) mass is 936 g/mol. The number of hydrogen-bond acceptors (Lipinski definition) is 3. The Balaban J connectivity index is 1.13. The molecule has 11 aromatic rings. The van der Waals surface area contributed by atoms with Gasteiger partial charge in [-0.1, -0.05) is 198 Å². The summed E-state index contributed by atoms with van der Waals surface area (Å²) < 4.78 is 6.95. The SMILES string of the molecule is CC(C)(C)c1ccc(N2c3cc4c(c5c3B(c3c2ccc2oc6ccccc6c32)N2c3ccccc3[Si]3(c6ccccc6-c6ccccc63)c3cccc-5c32)C(C)(C)c2ccccc2-4)c(-c2ccccc2)c1. The van der Waals surface area contributed by atoms with Gasteiger partial charge < -0.3 is 14.1 Å². The van der Waals surface area contributed by atoms with Gasteiger partial charge in [-0.3, -0.25) is 0 Å². The predicted octanol–water partition coefficient (Wildman–Crippen LogP) is 13.2. The molecule has 340 valence electrons. The molecule has 0 radical (unpaired) electrons. The number of fused-ring (bicyclic) bond motifs is 21. The standard InChI is InChI=1S/C67H49BN2OSi/c1-66(2,3)41-34-35-50(47(38-41)40-20-7-6-8-21-40)69-52-36-37-55-60(45-25-10-15-29-54(45)71-55)63(52)68-64-53(69)39-48-42-22-9-13-27-49(42)67(4,5)62(48)61(64)46-26-19-33-59-65(46)70(68)51-28-14-18-32-58(51)72(59)56-30-16-11-23-43(56)44-24-12-17-31-57(44)72/h6-39H,1-5H3. The minimum Gasteiger partial charge on any atom is -0.456 e. The van der Waals surface area contributed by atoms with E-state index in [2.05, 4.69) is 251 Å². The molecule has 0 saturated heterocycles. The van der Waals surface area contributed by atoms with Crippen LogP contribution in [0.1, 0.15) is 51.3 Å². The van der Waals surface area contributed by atoms with Crippen molar-refractivity contribution in [3.8, 4) is 44.5 Å². The van der Waals surface area contributed by atoms with Crippen molar-refractivity contribution < 1.29 is 4.42 Å². The van der Waals surface area contributed by atoms with Gasteiger partial charge in [0.15, 0.2) is 8.07 Å². The normalized spacial score (nSPS) is 15.4. The number of nitrogens with zero attached hydrogens (tertiary/aromatic N) is 2. The Bertz CT molecular complexity index is 4170. The number of furan rings is 1. The molecule has 0 fully saturated rings. The smallest absolute Gasteiger partial charge is 0.333 e. The van der Waals surface area contributed by atoms with Gasteiger partial charge in [0, 0.05) is 50.1 Å². The Kier molecular flexibility index (Phi) is 7.81. The molecular weight excluding hydrogens is 888 g/mol. The third kappa shape index (κ3) is 4.88. The highest BCUT2D eigenvalue weighted by molar-refractivity contribution is 7.24. The molecule has 1 spiro atoms. The molecule has 0 bridgehead atoms. The Morgan fingerprint density at radius 1 is 0.472 bits per heavy atom. The van der Waals surface area contributed by atoms with Gasteiger partial charge in [0.25, 0.3) is 0 Å². The van der Waals surface area contributed by atoms with Crippen molar-refractivity contribution in [2.45, 2.75) is 45.4 Å². The molecule has 5 heteroatoms. The fourth-order valence-corrected chi connectivity index (χ4v) is 20.1. The molecule has 3 nitrogen and oxygen atoms in total. The third-order valence-electron chi connectivity index (χ3n) is 17.4. The van der Waals surface area contributed by atoms with Crippen molar-refractivity contribution >= 4 is 97.0 Å². The van der Waals surface area contributed by atoms with Crippen molar-refractivity contribution in [1.29, 1.82) is 0 Å². The lowest BCUT2D eigenvalue weighted by atomic mass is 9.42. The van der Waals surface area contributed by atoms with E-state index in [1.807, 2.05) is 0 Å². The van der Waals surface area contributed by atoms with Crippen LogP contribution in [-0.2, 0) is 10.8 Å². The quantitative estimate of drug-likeness (QED) is 0.161. The van der Waals surface area contributed by atoms with Gasteiger partial charge in [0.2, 0.25) is 0 Å². The van der Waals surface area contributed by atoms with E-state index >= 15 is 0 Å².